The van der Waals surface area contributed by atoms with Crippen LogP contribution in [0.4, 0.5) is 0 Å². The molecule has 0 radical (unpaired) electrons. The number of amides is 2. The van der Waals surface area contributed by atoms with Gasteiger partial charge in [0.15, 0.2) is 0 Å². The number of hydrogen-bond donors (Lipinski definition) is 2. The van der Waals surface area contributed by atoms with Crippen LogP contribution in [0.1, 0.15) is 23.2 Å². The van der Waals surface area contributed by atoms with Gasteiger partial charge in [-0.15, -0.1) is 11.8 Å². The van der Waals surface area contributed by atoms with Crippen LogP contribution in [0.5, 0.6) is 5.75 Å². The molecular formula is C17H23N3O3S. The van der Waals surface area contributed by atoms with Crippen LogP contribution in [0, 0.1) is 0 Å². The molecule has 0 aromatic heterocycles. The van der Waals surface area contributed by atoms with E-state index in [2.05, 4.69) is 10.6 Å². The summed E-state index contributed by atoms with van der Waals surface area (Å²) in [6.45, 7) is 1.40. The Hall–Kier alpha value is -1.73. The summed E-state index contributed by atoms with van der Waals surface area (Å²) in [5.74, 6) is 2.48. The zero-order valence-electron chi connectivity index (χ0n) is 13.8. The second-order valence-electron chi connectivity index (χ2n) is 6.08. The van der Waals surface area contributed by atoms with Crippen LogP contribution in [0.25, 0.3) is 0 Å². The van der Waals surface area contributed by atoms with Crippen molar-refractivity contribution in [1.29, 1.82) is 0 Å². The molecule has 1 atom stereocenters. The predicted molar refractivity (Wildman–Crippen MR) is 94.3 cm³/mol. The quantitative estimate of drug-likeness (QED) is 0.851. The number of ether oxygens (including phenoxy) is 1. The van der Waals surface area contributed by atoms with Crippen molar-refractivity contribution in [3.63, 3.8) is 0 Å². The molecule has 0 aliphatic carbocycles. The number of thioether (sulfide) groups is 1. The van der Waals surface area contributed by atoms with Crippen molar-refractivity contribution in [2.75, 3.05) is 31.8 Å². The van der Waals surface area contributed by atoms with Gasteiger partial charge < -0.3 is 15.0 Å². The molecule has 1 aromatic carbocycles. The van der Waals surface area contributed by atoms with Gasteiger partial charge >= 0.3 is 0 Å². The van der Waals surface area contributed by atoms with Gasteiger partial charge in [-0.25, -0.2) is 0 Å². The van der Waals surface area contributed by atoms with Gasteiger partial charge in [-0.1, -0.05) is 6.07 Å². The maximum atomic E-state index is 12.4. The van der Waals surface area contributed by atoms with Crippen molar-refractivity contribution < 1.29 is 14.3 Å². The van der Waals surface area contributed by atoms with Crippen LogP contribution < -0.4 is 15.4 Å². The Morgan fingerprint density at radius 3 is 2.79 bits per heavy atom. The van der Waals surface area contributed by atoms with Gasteiger partial charge in [-0.2, -0.15) is 0 Å². The number of carbonyl (C=O) groups is 2. The van der Waals surface area contributed by atoms with E-state index in [0.717, 1.165) is 24.5 Å². The van der Waals surface area contributed by atoms with E-state index in [1.54, 1.807) is 31.0 Å². The van der Waals surface area contributed by atoms with E-state index in [1.807, 2.05) is 17.0 Å². The Bertz CT molecular complexity index is 596. The van der Waals surface area contributed by atoms with E-state index >= 15 is 0 Å². The lowest BCUT2D eigenvalue weighted by Crippen LogP contribution is -2.51. The fourth-order valence-corrected chi connectivity index (χ4v) is 3.98. The summed E-state index contributed by atoms with van der Waals surface area (Å²) in [6.07, 6.45) is 1.59. The largest absolute Gasteiger partial charge is 0.497 e. The number of likely N-dealkylation sites (tertiary alicyclic amines) is 1. The van der Waals surface area contributed by atoms with Crippen LogP contribution in [0.15, 0.2) is 24.3 Å². The molecule has 2 aliphatic rings. The highest BCUT2D eigenvalue weighted by Gasteiger charge is 2.30. The number of rotatable bonds is 4. The minimum absolute atomic E-state index is 0.0436. The van der Waals surface area contributed by atoms with Crippen molar-refractivity contribution in [3.05, 3.63) is 29.8 Å². The standard InChI is InChI=1S/C17H23N3O3S/c1-23-14-4-2-3-12(9-14)16(21)19-13-5-7-20(8-6-13)17(22)15-10-24-11-18-15/h2-4,9,13,15,18H,5-8,10-11H2,1H3,(H,19,21). The number of hydrogen-bond acceptors (Lipinski definition) is 5. The first kappa shape index (κ1) is 17.1. The Morgan fingerprint density at radius 1 is 1.33 bits per heavy atom. The number of nitrogens with zero attached hydrogens (tertiary/aromatic N) is 1. The molecule has 0 bridgehead atoms. The minimum atomic E-state index is -0.0902. The van der Waals surface area contributed by atoms with Crippen molar-refractivity contribution >= 4 is 23.6 Å². The van der Waals surface area contributed by atoms with Gasteiger partial charge in [0, 0.05) is 36.3 Å². The topological polar surface area (TPSA) is 70.7 Å². The van der Waals surface area contributed by atoms with Crippen molar-refractivity contribution in [2.24, 2.45) is 0 Å². The van der Waals surface area contributed by atoms with Crippen molar-refractivity contribution in [2.45, 2.75) is 24.9 Å². The van der Waals surface area contributed by atoms with Gasteiger partial charge in [0.2, 0.25) is 5.91 Å². The second kappa shape index (κ2) is 7.90. The summed E-state index contributed by atoms with van der Waals surface area (Å²) in [6, 6.07) is 7.20. The SMILES string of the molecule is COc1cccc(C(=O)NC2CCN(C(=O)C3CSCN3)CC2)c1. The third-order valence-corrected chi connectivity index (χ3v) is 5.43. The van der Waals surface area contributed by atoms with E-state index in [9.17, 15) is 9.59 Å². The van der Waals surface area contributed by atoms with Crippen molar-refractivity contribution in [1.82, 2.24) is 15.5 Å². The Balaban J connectivity index is 1.49. The smallest absolute Gasteiger partial charge is 0.251 e. The molecule has 2 N–H and O–H groups in total. The molecular weight excluding hydrogens is 326 g/mol. The highest BCUT2D eigenvalue weighted by Crippen LogP contribution is 2.17. The lowest BCUT2D eigenvalue weighted by molar-refractivity contribution is -0.133. The molecule has 0 spiro atoms. The first-order valence-electron chi connectivity index (χ1n) is 8.22. The number of methoxy groups -OCH3 is 1. The third kappa shape index (κ3) is 4.02. The molecule has 2 amide bonds. The van der Waals surface area contributed by atoms with E-state index < -0.39 is 0 Å². The summed E-state index contributed by atoms with van der Waals surface area (Å²) in [5, 5.41) is 6.28. The van der Waals surface area contributed by atoms with Crippen LogP contribution in [0.3, 0.4) is 0 Å². The molecule has 0 saturated carbocycles. The van der Waals surface area contributed by atoms with Gasteiger partial charge in [-0.3, -0.25) is 14.9 Å². The predicted octanol–water partition coefficient (Wildman–Crippen LogP) is 1.08. The zero-order chi connectivity index (χ0) is 16.9. The molecule has 3 rings (SSSR count). The minimum Gasteiger partial charge on any atom is -0.497 e. The number of carbonyl (C=O) groups excluding carboxylic acids is 2. The molecule has 1 unspecified atom stereocenters. The average Bonchev–Trinajstić information content (AvgIpc) is 3.16. The monoisotopic (exact) mass is 349 g/mol. The molecule has 2 saturated heterocycles. The third-order valence-electron chi connectivity index (χ3n) is 4.49. The normalized spacial score (nSPS) is 21.5. The van der Waals surface area contributed by atoms with Crippen LogP contribution >= 0.6 is 11.8 Å². The first-order valence-corrected chi connectivity index (χ1v) is 9.37. The fraction of sp³-hybridized carbons (Fsp3) is 0.529. The molecule has 2 fully saturated rings. The number of benzene rings is 1. The summed E-state index contributed by atoms with van der Waals surface area (Å²) in [7, 11) is 1.58. The molecule has 24 heavy (non-hydrogen) atoms. The molecule has 2 aliphatic heterocycles. The fourth-order valence-electron chi connectivity index (χ4n) is 3.05. The van der Waals surface area contributed by atoms with Crippen LogP contribution in [-0.4, -0.2) is 60.6 Å². The summed E-state index contributed by atoms with van der Waals surface area (Å²) in [4.78, 5) is 26.6. The first-order chi connectivity index (χ1) is 11.7. The van der Waals surface area contributed by atoms with Crippen LogP contribution in [0.2, 0.25) is 0 Å². The summed E-state index contributed by atoms with van der Waals surface area (Å²) >= 11 is 1.76. The van der Waals surface area contributed by atoms with Gasteiger partial charge in [0.05, 0.1) is 13.2 Å². The molecule has 7 heteroatoms. The number of piperidine rings is 1. The summed E-state index contributed by atoms with van der Waals surface area (Å²) in [5.41, 5.74) is 0.597. The average molecular weight is 349 g/mol. The molecule has 130 valence electrons. The van der Waals surface area contributed by atoms with Gasteiger partial charge in [0.1, 0.15) is 5.75 Å². The lowest BCUT2D eigenvalue weighted by atomic mass is 10.0. The number of nitrogens with one attached hydrogen (secondary N) is 2. The van der Waals surface area contributed by atoms with E-state index in [1.165, 1.54) is 0 Å². The van der Waals surface area contributed by atoms with Crippen LogP contribution in [-0.2, 0) is 4.79 Å². The summed E-state index contributed by atoms with van der Waals surface area (Å²) < 4.78 is 5.15. The van der Waals surface area contributed by atoms with Gasteiger partial charge in [-0.05, 0) is 31.0 Å². The zero-order valence-corrected chi connectivity index (χ0v) is 14.6. The van der Waals surface area contributed by atoms with E-state index in [-0.39, 0.29) is 23.9 Å². The second-order valence-corrected chi connectivity index (χ2v) is 7.11. The van der Waals surface area contributed by atoms with E-state index in [4.69, 9.17) is 4.74 Å². The lowest BCUT2D eigenvalue weighted by Gasteiger charge is -2.33. The highest BCUT2D eigenvalue weighted by molar-refractivity contribution is 7.99. The molecule has 2 heterocycles. The Kier molecular flexibility index (Phi) is 5.63. The highest BCUT2D eigenvalue weighted by atomic mass is 32.2. The van der Waals surface area contributed by atoms with Crippen molar-refractivity contribution in [3.8, 4) is 5.75 Å². The van der Waals surface area contributed by atoms with Gasteiger partial charge in [0.25, 0.3) is 5.91 Å². The maximum absolute atomic E-state index is 12.4. The Labute approximate surface area is 146 Å². The maximum Gasteiger partial charge on any atom is 0.251 e. The Morgan fingerprint density at radius 2 is 2.12 bits per heavy atom. The molecule has 1 aromatic rings. The molecule has 6 nitrogen and oxygen atoms in total. The van der Waals surface area contributed by atoms with E-state index in [0.29, 0.717) is 24.4 Å².